The van der Waals surface area contributed by atoms with E-state index in [0.717, 1.165) is 16.7 Å². The number of ether oxygens (including phenoxy) is 1. The molecule has 0 bridgehead atoms. The van der Waals surface area contributed by atoms with Gasteiger partial charge in [0.25, 0.3) is 5.91 Å². The summed E-state index contributed by atoms with van der Waals surface area (Å²) in [6.45, 7) is 6.88. The Morgan fingerprint density at radius 3 is 2.82 bits per heavy atom. The second-order valence-electron chi connectivity index (χ2n) is 5.86. The van der Waals surface area contributed by atoms with E-state index in [1.807, 2.05) is 39.0 Å². The zero-order valence-electron chi connectivity index (χ0n) is 13.3. The van der Waals surface area contributed by atoms with Gasteiger partial charge in [-0.3, -0.25) is 4.79 Å². The molecule has 5 nitrogen and oxygen atoms in total. The lowest BCUT2D eigenvalue weighted by molar-refractivity contribution is 0.0896. The summed E-state index contributed by atoms with van der Waals surface area (Å²) in [5.74, 6) is 0.963. The van der Waals surface area contributed by atoms with Crippen molar-refractivity contribution in [3.05, 3.63) is 30.0 Å². The molecule has 0 radical (unpaired) electrons. The monoisotopic (exact) mass is 304 g/mol. The lowest BCUT2D eigenvalue weighted by Gasteiger charge is -2.13. The Kier molecular flexibility index (Phi) is 5.44. The molecule has 22 heavy (non-hydrogen) atoms. The summed E-state index contributed by atoms with van der Waals surface area (Å²) in [5, 5.41) is 13.5. The summed E-state index contributed by atoms with van der Waals surface area (Å²) in [4.78, 5) is 15.2. The second-order valence-corrected chi connectivity index (χ2v) is 5.86. The topological polar surface area (TPSA) is 74.3 Å². The zero-order valence-corrected chi connectivity index (χ0v) is 13.3. The molecule has 1 amide bonds. The van der Waals surface area contributed by atoms with Gasteiger partial charge in [-0.05, 0) is 37.5 Å². The van der Waals surface area contributed by atoms with Crippen LogP contribution in [0.1, 0.15) is 37.7 Å². The first-order chi connectivity index (χ1) is 10.5. The number of aromatic nitrogens is 1. The average molecular weight is 304 g/mol. The third kappa shape index (κ3) is 4.24. The number of fused-ring (bicyclic) bond motifs is 1. The number of aliphatic hydroxyl groups excluding tert-OH is 1. The predicted molar refractivity (Wildman–Crippen MR) is 87.3 cm³/mol. The quantitative estimate of drug-likeness (QED) is 0.736. The first-order valence-corrected chi connectivity index (χ1v) is 7.71. The Balaban J connectivity index is 2.02. The van der Waals surface area contributed by atoms with Gasteiger partial charge in [0.15, 0.2) is 0 Å². The molecule has 5 heteroatoms. The molecule has 0 saturated heterocycles. The molecule has 0 saturated carbocycles. The first kappa shape index (κ1) is 16.4. The molecule has 0 fully saturated rings. The van der Waals surface area contributed by atoms with Crippen molar-refractivity contribution in [2.24, 2.45) is 5.92 Å². The SMILES string of the molecule is CCOc1ccc2cc(C(=O)NCC(O)CC(C)C)[nH]c2c1. The Bertz CT molecular complexity index is 634. The predicted octanol–water partition coefficient (Wildman–Crippen LogP) is 2.70. The Morgan fingerprint density at radius 1 is 1.36 bits per heavy atom. The highest BCUT2D eigenvalue weighted by Crippen LogP contribution is 2.21. The van der Waals surface area contributed by atoms with Gasteiger partial charge in [-0.25, -0.2) is 0 Å². The van der Waals surface area contributed by atoms with Crippen LogP contribution in [0.5, 0.6) is 5.75 Å². The van der Waals surface area contributed by atoms with Gasteiger partial charge in [0.1, 0.15) is 11.4 Å². The van der Waals surface area contributed by atoms with Gasteiger partial charge in [-0.15, -0.1) is 0 Å². The molecule has 1 unspecified atom stereocenters. The minimum Gasteiger partial charge on any atom is -0.494 e. The van der Waals surface area contributed by atoms with E-state index in [1.54, 1.807) is 6.07 Å². The summed E-state index contributed by atoms with van der Waals surface area (Å²) < 4.78 is 5.45. The van der Waals surface area contributed by atoms with Crippen LogP contribution in [-0.4, -0.2) is 35.3 Å². The highest BCUT2D eigenvalue weighted by Gasteiger charge is 2.12. The van der Waals surface area contributed by atoms with Crippen molar-refractivity contribution >= 4 is 16.8 Å². The van der Waals surface area contributed by atoms with Crippen molar-refractivity contribution < 1.29 is 14.6 Å². The minimum atomic E-state index is -0.516. The number of hydrogen-bond acceptors (Lipinski definition) is 3. The normalized spacial score (nSPS) is 12.6. The zero-order chi connectivity index (χ0) is 16.1. The fourth-order valence-electron chi connectivity index (χ4n) is 2.42. The van der Waals surface area contributed by atoms with Crippen LogP contribution in [0.3, 0.4) is 0 Å². The van der Waals surface area contributed by atoms with Crippen LogP contribution >= 0.6 is 0 Å². The van der Waals surface area contributed by atoms with Gasteiger partial charge in [0.05, 0.1) is 12.7 Å². The third-order valence-electron chi connectivity index (χ3n) is 3.39. The lowest BCUT2D eigenvalue weighted by Crippen LogP contribution is -2.32. The van der Waals surface area contributed by atoms with Crippen molar-refractivity contribution in [1.82, 2.24) is 10.3 Å². The number of hydrogen-bond donors (Lipinski definition) is 3. The maximum atomic E-state index is 12.1. The minimum absolute atomic E-state index is 0.211. The van der Waals surface area contributed by atoms with Crippen molar-refractivity contribution in [1.29, 1.82) is 0 Å². The number of aromatic amines is 1. The van der Waals surface area contributed by atoms with Gasteiger partial charge in [-0.2, -0.15) is 0 Å². The highest BCUT2D eigenvalue weighted by atomic mass is 16.5. The Hall–Kier alpha value is -2.01. The molecule has 3 N–H and O–H groups in total. The number of amides is 1. The number of benzene rings is 1. The summed E-state index contributed by atoms with van der Waals surface area (Å²) in [7, 11) is 0. The Labute approximate surface area is 130 Å². The molecule has 1 aromatic carbocycles. The summed E-state index contributed by atoms with van der Waals surface area (Å²) in [6.07, 6.45) is 0.155. The van der Waals surface area contributed by atoms with E-state index in [-0.39, 0.29) is 12.5 Å². The molecular formula is C17H24N2O3. The van der Waals surface area contributed by atoms with Crippen molar-refractivity contribution in [3.63, 3.8) is 0 Å². The smallest absolute Gasteiger partial charge is 0.267 e. The first-order valence-electron chi connectivity index (χ1n) is 7.71. The summed E-state index contributed by atoms with van der Waals surface area (Å²) in [6, 6.07) is 7.48. The van der Waals surface area contributed by atoms with E-state index in [0.29, 0.717) is 24.6 Å². The summed E-state index contributed by atoms with van der Waals surface area (Å²) >= 11 is 0. The van der Waals surface area contributed by atoms with Crippen LogP contribution in [0, 0.1) is 5.92 Å². The van der Waals surface area contributed by atoms with E-state index in [1.165, 1.54) is 0 Å². The maximum absolute atomic E-state index is 12.1. The van der Waals surface area contributed by atoms with Crippen LogP contribution in [0.2, 0.25) is 0 Å². The molecule has 0 aliphatic heterocycles. The fourth-order valence-corrected chi connectivity index (χ4v) is 2.42. The molecular weight excluding hydrogens is 280 g/mol. The molecule has 2 aromatic rings. The molecule has 1 atom stereocenters. The molecule has 120 valence electrons. The van der Waals surface area contributed by atoms with Crippen molar-refractivity contribution in [2.45, 2.75) is 33.3 Å². The van der Waals surface area contributed by atoms with Crippen molar-refractivity contribution in [2.75, 3.05) is 13.2 Å². The number of aliphatic hydroxyl groups is 1. The van der Waals surface area contributed by atoms with Gasteiger partial charge < -0.3 is 20.1 Å². The molecule has 0 spiro atoms. The number of nitrogens with one attached hydrogen (secondary N) is 2. The molecule has 0 aliphatic carbocycles. The standard InChI is InChI=1S/C17H24N2O3/c1-4-22-14-6-5-12-8-16(19-15(12)9-14)17(21)18-10-13(20)7-11(2)3/h5-6,8-9,11,13,19-20H,4,7,10H2,1-3H3,(H,18,21). The highest BCUT2D eigenvalue weighted by molar-refractivity contribution is 5.98. The van der Waals surface area contributed by atoms with Gasteiger partial charge in [0, 0.05) is 23.5 Å². The Morgan fingerprint density at radius 2 is 2.14 bits per heavy atom. The number of rotatable bonds is 7. The molecule has 1 aromatic heterocycles. The average Bonchev–Trinajstić information content (AvgIpc) is 2.87. The lowest BCUT2D eigenvalue weighted by atomic mass is 10.1. The van der Waals surface area contributed by atoms with Crippen LogP contribution in [0.25, 0.3) is 10.9 Å². The fraction of sp³-hybridized carbons (Fsp3) is 0.471. The van der Waals surface area contributed by atoms with Gasteiger partial charge >= 0.3 is 0 Å². The van der Waals surface area contributed by atoms with Crippen LogP contribution in [-0.2, 0) is 0 Å². The van der Waals surface area contributed by atoms with E-state index < -0.39 is 6.10 Å². The van der Waals surface area contributed by atoms with E-state index in [4.69, 9.17) is 4.74 Å². The number of H-pyrrole nitrogens is 1. The van der Waals surface area contributed by atoms with Crippen molar-refractivity contribution in [3.8, 4) is 5.75 Å². The summed E-state index contributed by atoms with van der Waals surface area (Å²) in [5.41, 5.74) is 1.35. The van der Waals surface area contributed by atoms with E-state index >= 15 is 0 Å². The van der Waals surface area contributed by atoms with Gasteiger partial charge in [0.2, 0.25) is 0 Å². The second kappa shape index (κ2) is 7.31. The maximum Gasteiger partial charge on any atom is 0.267 e. The van der Waals surface area contributed by atoms with E-state index in [2.05, 4.69) is 10.3 Å². The van der Waals surface area contributed by atoms with E-state index in [9.17, 15) is 9.90 Å². The molecule has 0 aliphatic rings. The molecule has 1 heterocycles. The molecule has 2 rings (SSSR count). The van der Waals surface area contributed by atoms with Crippen LogP contribution in [0.15, 0.2) is 24.3 Å². The number of carbonyl (C=O) groups excluding carboxylic acids is 1. The third-order valence-corrected chi connectivity index (χ3v) is 3.39. The largest absolute Gasteiger partial charge is 0.494 e. The van der Waals surface area contributed by atoms with Crippen LogP contribution in [0.4, 0.5) is 0 Å². The van der Waals surface area contributed by atoms with Crippen LogP contribution < -0.4 is 10.1 Å². The number of carbonyl (C=O) groups is 1. The van der Waals surface area contributed by atoms with Gasteiger partial charge in [-0.1, -0.05) is 13.8 Å².